The van der Waals surface area contributed by atoms with Gasteiger partial charge in [0.05, 0.1) is 11.3 Å². The molecule has 0 radical (unpaired) electrons. The molecule has 1 atom stereocenters. The van der Waals surface area contributed by atoms with Gasteiger partial charge in [0, 0.05) is 61.9 Å². The van der Waals surface area contributed by atoms with E-state index in [1.165, 1.54) is 29.6 Å². The third-order valence-electron chi connectivity index (χ3n) is 8.74. The molecule has 0 bridgehead atoms. The van der Waals surface area contributed by atoms with Crippen LogP contribution in [-0.2, 0) is 28.4 Å². The fraction of sp³-hybridized carbons (Fsp3) is 0.438. The van der Waals surface area contributed by atoms with Gasteiger partial charge in [-0.2, -0.15) is 17.5 Å². The summed E-state index contributed by atoms with van der Waals surface area (Å²) in [6, 6.07) is 13.8. The van der Waals surface area contributed by atoms with Crippen molar-refractivity contribution in [2.75, 3.05) is 32.1 Å². The van der Waals surface area contributed by atoms with Crippen molar-refractivity contribution in [3.63, 3.8) is 0 Å². The van der Waals surface area contributed by atoms with E-state index in [1.54, 1.807) is 17.0 Å². The first-order chi connectivity index (χ1) is 20.2. The van der Waals surface area contributed by atoms with Gasteiger partial charge in [-0.15, -0.1) is 0 Å². The molecule has 1 saturated heterocycles. The summed E-state index contributed by atoms with van der Waals surface area (Å²) in [4.78, 5) is 22.2. The quantitative estimate of drug-likeness (QED) is 0.331. The molecular formula is C32H37F3N4O3S. The number of carbonyl (C=O) groups excluding carboxylic acids is 1. The maximum atomic E-state index is 13.6. The van der Waals surface area contributed by atoms with Gasteiger partial charge in [0.2, 0.25) is 10.0 Å². The molecule has 1 aromatic heterocycles. The number of carbonyl (C=O) groups is 1. The molecule has 1 amide bonds. The Labute approximate surface area is 251 Å². The number of sulfonamides is 1. The van der Waals surface area contributed by atoms with Gasteiger partial charge in [0.25, 0.3) is 5.91 Å². The molecule has 0 spiro atoms. The lowest BCUT2D eigenvalue weighted by Crippen LogP contribution is -2.45. The summed E-state index contributed by atoms with van der Waals surface area (Å²) in [6.45, 7) is 5.60. The Morgan fingerprint density at radius 2 is 1.63 bits per heavy atom. The number of nitrogens with zero attached hydrogens (tertiary/aromatic N) is 4. The average Bonchev–Trinajstić information content (AvgIpc) is 3.38. The number of amides is 1. The van der Waals surface area contributed by atoms with Gasteiger partial charge in [-0.05, 0) is 86.6 Å². The van der Waals surface area contributed by atoms with Gasteiger partial charge in [0.1, 0.15) is 0 Å². The molecule has 0 N–H and O–H groups in total. The molecule has 43 heavy (non-hydrogen) atoms. The Bertz CT molecular complexity index is 1600. The predicted molar refractivity (Wildman–Crippen MR) is 160 cm³/mol. The minimum atomic E-state index is -4.65. The van der Waals surface area contributed by atoms with Crippen molar-refractivity contribution < 1.29 is 26.4 Å². The number of halogens is 3. The van der Waals surface area contributed by atoms with Crippen LogP contribution in [0, 0.1) is 13.8 Å². The van der Waals surface area contributed by atoms with Gasteiger partial charge in [0.15, 0.2) is 0 Å². The van der Waals surface area contributed by atoms with Gasteiger partial charge < -0.3 is 9.80 Å². The van der Waals surface area contributed by atoms with E-state index in [-0.39, 0.29) is 17.5 Å². The van der Waals surface area contributed by atoms with Crippen molar-refractivity contribution in [1.29, 1.82) is 0 Å². The third kappa shape index (κ3) is 6.57. The first-order valence-electron chi connectivity index (χ1n) is 14.5. The summed E-state index contributed by atoms with van der Waals surface area (Å²) in [5.41, 5.74) is 4.00. The summed E-state index contributed by atoms with van der Waals surface area (Å²) in [5, 5.41) is 0. The molecule has 0 saturated carbocycles. The Morgan fingerprint density at radius 3 is 2.28 bits per heavy atom. The van der Waals surface area contributed by atoms with Crippen molar-refractivity contribution in [2.45, 2.75) is 63.5 Å². The highest BCUT2D eigenvalue weighted by molar-refractivity contribution is 7.88. The SMILES string of the molecule is Cc1cc(N2CCC(N(C)C(=O)c3ccc4c(c3)C(N(C)S(=O)(=O)Cc3ccccc3C(F)(F)F)CC4)CC2)cc(C)n1. The standard InChI is InChI=1S/C32H37F3N4O3S/c1-21-17-27(18-22(2)36-21)39-15-13-26(14-16-39)37(3)31(40)24-10-9-23-11-12-30(28(23)19-24)38(4)43(41,42)20-25-7-5-6-8-29(25)32(33,34)35/h5-10,17-19,26,30H,11-16,20H2,1-4H3. The second-order valence-corrected chi connectivity index (χ2v) is 13.7. The maximum Gasteiger partial charge on any atom is 0.416 e. The molecule has 11 heteroatoms. The number of aryl methyl sites for hydroxylation is 3. The van der Waals surface area contributed by atoms with Crippen LogP contribution in [0.2, 0.25) is 0 Å². The second kappa shape index (κ2) is 11.9. The number of rotatable bonds is 7. The van der Waals surface area contributed by atoms with Gasteiger partial charge in [-0.25, -0.2) is 8.42 Å². The molecule has 5 rings (SSSR count). The van der Waals surface area contributed by atoms with Gasteiger partial charge in [-0.1, -0.05) is 24.3 Å². The number of hydrogen-bond donors (Lipinski definition) is 0. The van der Waals surface area contributed by atoms with Crippen LogP contribution < -0.4 is 4.90 Å². The molecule has 3 aromatic rings. The summed E-state index contributed by atoms with van der Waals surface area (Å²) >= 11 is 0. The van der Waals surface area contributed by atoms with Crippen LogP contribution in [0.3, 0.4) is 0 Å². The Kier molecular flexibility index (Phi) is 8.59. The van der Waals surface area contributed by atoms with E-state index in [4.69, 9.17) is 0 Å². The second-order valence-electron chi connectivity index (χ2n) is 11.6. The van der Waals surface area contributed by atoms with Crippen LogP contribution in [0.15, 0.2) is 54.6 Å². The largest absolute Gasteiger partial charge is 0.416 e. The highest BCUT2D eigenvalue weighted by atomic mass is 32.2. The van der Waals surface area contributed by atoms with Crippen LogP contribution in [0.5, 0.6) is 0 Å². The molecule has 2 heterocycles. The van der Waals surface area contributed by atoms with E-state index in [9.17, 15) is 26.4 Å². The first-order valence-corrected chi connectivity index (χ1v) is 16.1. The maximum absolute atomic E-state index is 13.6. The predicted octanol–water partition coefficient (Wildman–Crippen LogP) is 5.91. The van der Waals surface area contributed by atoms with E-state index in [2.05, 4.69) is 22.0 Å². The fourth-order valence-corrected chi connectivity index (χ4v) is 7.84. The average molecular weight is 615 g/mol. The normalized spacial score (nSPS) is 17.8. The Hall–Kier alpha value is -3.44. The Balaban J connectivity index is 1.29. The topological polar surface area (TPSA) is 73.8 Å². The van der Waals surface area contributed by atoms with E-state index < -0.39 is 33.6 Å². The van der Waals surface area contributed by atoms with Gasteiger partial charge >= 0.3 is 6.18 Å². The molecule has 1 unspecified atom stereocenters. The Morgan fingerprint density at radius 1 is 0.977 bits per heavy atom. The van der Waals surface area contributed by atoms with Crippen molar-refractivity contribution in [1.82, 2.24) is 14.2 Å². The minimum absolute atomic E-state index is 0.0635. The van der Waals surface area contributed by atoms with E-state index >= 15 is 0 Å². The number of benzene rings is 2. The van der Waals surface area contributed by atoms with Gasteiger partial charge in [-0.3, -0.25) is 9.78 Å². The summed E-state index contributed by atoms with van der Waals surface area (Å²) < 4.78 is 68.4. The number of aromatic nitrogens is 1. The van der Waals surface area contributed by atoms with Crippen LogP contribution in [-0.4, -0.2) is 61.7 Å². The van der Waals surface area contributed by atoms with Crippen molar-refractivity contribution >= 4 is 21.6 Å². The molecule has 7 nitrogen and oxygen atoms in total. The van der Waals surface area contributed by atoms with E-state index in [1.807, 2.05) is 27.0 Å². The zero-order valence-electron chi connectivity index (χ0n) is 24.9. The molecule has 1 aliphatic carbocycles. The zero-order chi connectivity index (χ0) is 31.1. The molecule has 2 aliphatic rings. The van der Waals surface area contributed by atoms with Crippen LogP contribution in [0.25, 0.3) is 0 Å². The molecule has 230 valence electrons. The molecule has 1 fully saturated rings. The van der Waals surface area contributed by atoms with Crippen LogP contribution in [0.1, 0.15) is 69.3 Å². The van der Waals surface area contributed by atoms with Crippen LogP contribution >= 0.6 is 0 Å². The number of anilines is 1. The number of alkyl halides is 3. The van der Waals surface area contributed by atoms with E-state index in [0.717, 1.165) is 60.2 Å². The minimum Gasteiger partial charge on any atom is -0.371 e. The number of pyridine rings is 1. The summed E-state index contributed by atoms with van der Waals surface area (Å²) in [7, 11) is -0.877. The molecule has 1 aliphatic heterocycles. The lowest BCUT2D eigenvalue weighted by atomic mass is 10.00. The monoisotopic (exact) mass is 614 g/mol. The highest BCUT2D eigenvalue weighted by Gasteiger charge is 2.37. The molecule has 2 aromatic carbocycles. The fourth-order valence-electron chi connectivity index (χ4n) is 6.38. The van der Waals surface area contributed by atoms with Crippen molar-refractivity contribution in [3.05, 3.63) is 93.8 Å². The lowest BCUT2D eigenvalue weighted by molar-refractivity contribution is -0.138. The smallest absolute Gasteiger partial charge is 0.371 e. The van der Waals surface area contributed by atoms with Crippen molar-refractivity contribution in [2.24, 2.45) is 0 Å². The zero-order valence-corrected chi connectivity index (χ0v) is 25.7. The highest BCUT2D eigenvalue weighted by Crippen LogP contribution is 2.39. The number of piperidine rings is 1. The number of fused-ring (bicyclic) bond motifs is 1. The number of hydrogen-bond acceptors (Lipinski definition) is 5. The van der Waals surface area contributed by atoms with Crippen LogP contribution in [0.4, 0.5) is 18.9 Å². The third-order valence-corrected chi connectivity index (χ3v) is 10.5. The van der Waals surface area contributed by atoms with Crippen molar-refractivity contribution in [3.8, 4) is 0 Å². The molecular weight excluding hydrogens is 577 g/mol. The van der Waals surface area contributed by atoms with E-state index in [0.29, 0.717) is 18.4 Å². The lowest BCUT2D eigenvalue weighted by Gasteiger charge is -2.38. The first kappa shape index (κ1) is 31.0. The summed E-state index contributed by atoms with van der Waals surface area (Å²) in [6.07, 6.45) is -1.91. The summed E-state index contributed by atoms with van der Waals surface area (Å²) in [5.74, 6) is -0.893.